The number of rotatable bonds is 5. The summed E-state index contributed by atoms with van der Waals surface area (Å²) in [6.07, 6.45) is 4.52. The number of likely N-dealkylation sites (tertiary alicyclic amines) is 1. The Balaban J connectivity index is 1.11. The van der Waals surface area contributed by atoms with E-state index >= 15 is 0 Å². The molecule has 0 spiro atoms. The SMILES string of the molecule is Cn1cccc(C(=O)N2CCC(CNC(=O)C(=O)Nc3ccc4c(c3)CCCN4C(=O)c3cccs3)CC2)c1=O. The number of thiophene rings is 1. The van der Waals surface area contributed by atoms with Crippen molar-refractivity contribution >= 4 is 46.3 Å². The summed E-state index contributed by atoms with van der Waals surface area (Å²) >= 11 is 1.41. The summed E-state index contributed by atoms with van der Waals surface area (Å²) < 4.78 is 1.38. The normalized spacial score (nSPS) is 15.3. The number of carbonyl (C=O) groups excluding carboxylic acids is 4. The maximum atomic E-state index is 12.9. The monoisotopic (exact) mass is 561 g/mol. The molecule has 2 aromatic heterocycles. The number of hydrogen-bond acceptors (Lipinski definition) is 6. The van der Waals surface area contributed by atoms with Crippen LogP contribution >= 0.6 is 11.3 Å². The van der Waals surface area contributed by atoms with Crippen LogP contribution in [0, 0.1) is 5.92 Å². The number of anilines is 2. The second-order valence-electron chi connectivity index (χ2n) is 10.1. The van der Waals surface area contributed by atoms with Crippen molar-refractivity contribution in [2.24, 2.45) is 13.0 Å². The number of nitrogens with one attached hydrogen (secondary N) is 2. The Kier molecular flexibility index (Phi) is 8.11. The number of piperidine rings is 1. The summed E-state index contributed by atoms with van der Waals surface area (Å²) in [6, 6.07) is 12.2. The fourth-order valence-electron chi connectivity index (χ4n) is 5.19. The molecule has 5 rings (SSSR count). The van der Waals surface area contributed by atoms with E-state index in [1.807, 2.05) is 29.6 Å². The van der Waals surface area contributed by atoms with Crippen LogP contribution in [0.15, 0.2) is 58.8 Å². The molecule has 3 aromatic rings. The van der Waals surface area contributed by atoms with Crippen molar-refractivity contribution in [3.63, 3.8) is 0 Å². The predicted octanol–water partition coefficient (Wildman–Crippen LogP) is 2.65. The molecule has 0 aliphatic carbocycles. The zero-order valence-electron chi connectivity index (χ0n) is 22.2. The lowest BCUT2D eigenvalue weighted by molar-refractivity contribution is -0.136. The minimum absolute atomic E-state index is 0.0355. The van der Waals surface area contributed by atoms with E-state index in [2.05, 4.69) is 10.6 Å². The van der Waals surface area contributed by atoms with Crippen LogP contribution in [-0.2, 0) is 23.1 Å². The van der Waals surface area contributed by atoms with Crippen molar-refractivity contribution in [3.05, 3.63) is 80.4 Å². The van der Waals surface area contributed by atoms with Gasteiger partial charge in [0.25, 0.3) is 17.4 Å². The standard InChI is InChI=1S/C29H31N5O5S/c1-32-12-3-6-22(27(32)37)28(38)33-14-10-19(11-15-33)18-30-25(35)26(36)31-21-8-9-23-20(17-21)5-2-13-34(23)29(39)24-7-4-16-40-24/h3-4,6-9,12,16-17,19H,2,5,10-11,13-15,18H2,1H3,(H,30,35)(H,31,36). The highest BCUT2D eigenvalue weighted by Crippen LogP contribution is 2.31. The van der Waals surface area contributed by atoms with Gasteiger partial charge in [-0.05, 0) is 78.9 Å². The smallest absolute Gasteiger partial charge is 0.313 e. The first-order chi connectivity index (χ1) is 19.3. The highest BCUT2D eigenvalue weighted by Gasteiger charge is 2.27. The Morgan fingerprint density at radius 3 is 2.52 bits per heavy atom. The molecule has 10 nitrogen and oxygen atoms in total. The molecule has 4 amide bonds. The van der Waals surface area contributed by atoms with E-state index in [-0.39, 0.29) is 28.9 Å². The Labute approximate surface area is 235 Å². The molecule has 0 atom stereocenters. The first kappa shape index (κ1) is 27.3. The van der Waals surface area contributed by atoms with Crippen LogP contribution in [0.25, 0.3) is 0 Å². The summed E-state index contributed by atoms with van der Waals surface area (Å²) in [4.78, 5) is 67.1. The van der Waals surface area contributed by atoms with Crippen molar-refractivity contribution in [1.82, 2.24) is 14.8 Å². The third-order valence-electron chi connectivity index (χ3n) is 7.45. The number of benzene rings is 1. The van der Waals surface area contributed by atoms with Gasteiger partial charge in [-0.15, -0.1) is 11.3 Å². The molecule has 0 unspecified atom stereocenters. The van der Waals surface area contributed by atoms with Crippen LogP contribution in [-0.4, -0.2) is 59.3 Å². The molecule has 0 bridgehead atoms. The molecule has 1 saturated heterocycles. The van der Waals surface area contributed by atoms with Crippen LogP contribution < -0.4 is 21.1 Å². The third-order valence-corrected chi connectivity index (χ3v) is 8.30. The maximum Gasteiger partial charge on any atom is 0.313 e. The maximum absolute atomic E-state index is 12.9. The van der Waals surface area contributed by atoms with E-state index in [1.165, 1.54) is 15.9 Å². The van der Waals surface area contributed by atoms with Gasteiger partial charge in [0.15, 0.2) is 0 Å². The van der Waals surface area contributed by atoms with Gasteiger partial charge < -0.3 is 25.0 Å². The highest BCUT2D eigenvalue weighted by atomic mass is 32.1. The summed E-state index contributed by atoms with van der Waals surface area (Å²) in [5.41, 5.74) is 2.10. The number of aryl methyl sites for hydroxylation is 2. The van der Waals surface area contributed by atoms with Crippen molar-refractivity contribution < 1.29 is 19.2 Å². The average molecular weight is 562 g/mol. The summed E-state index contributed by atoms with van der Waals surface area (Å²) in [6.45, 7) is 1.91. The van der Waals surface area contributed by atoms with Crippen LogP contribution in [0.1, 0.15) is 44.9 Å². The lowest BCUT2D eigenvalue weighted by Crippen LogP contribution is -2.44. The van der Waals surface area contributed by atoms with Crippen LogP contribution in [0.5, 0.6) is 0 Å². The quantitative estimate of drug-likeness (QED) is 0.464. The third kappa shape index (κ3) is 5.84. The molecule has 2 aliphatic rings. The summed E-state index contributed by atoms with van der Waals surface area (Å²) in [5, 5.41) is 7.25. The molecular weight excluding hydrogens is 530 g/mol. The number of carbonyl (C=O) groups is 4. The molecule has 208 valence electrons. The number of hydrogen-bond donors (Lipinski definition) is 2. The van der Waals surface area contributed by atoms with Gasteiger partial charge in [0.05, 0.1) is 4.88 Å². The van der Waals surface area contributed by atoms with E-state index in [0.717, 1.165) is 24.1 Å². The summed E-state index contributed by atoms with van der Waals surface area (Å²) in [7, 11) is 1.61. The van der Waals surface area contributed by atoms with Gasteiger partial charge in [-0.3, -0.25) is 24.0 Å². The van der Waals surface area contributed by atoms with E-state index in [9.17, 15) is 24.0 Å². The second-order valence-corrected chi connectivity index (χ2v) is 11.1. The lowest BCUT2D eigenvalue weighted by atomic mass is 9.96. The first-order valence-corrected chi connectivity index (χ1v) is 14.2. The molecule has 4 heterocycles. The Bertz CT molecular complexity index is 1490. The number of amides is 4. The van der Waals surface area contributed by atoms with E-state index in [4.69, 9.17) is 0 Å². The lowest BCUT2D eigenvalue weighted by Gasteiger charge is -2.32. The van der Waals surface area contributed by atoms with Gasteiger partial charge >= 0.3 is 11.8 Å². The molecule has 1 fully saturated rings. The highest BCUT2D eigenvalue weighted by molar-refractivity contribution is 7.12. The Morgan fingerprint density at radius 2 is 1.77 bits per heavy atom. The fourth-order valence-corrected chi connectivity index (χ4v) is 5.87. The predicted molar refractivity (Wildman–Crippen MR) is 153 cm³/mol. The van der Waals surface area contributed by atoms with E-state index in [1.54, 1.807) is 41.2 Å². The number of fused-ring (bicyclic) bond motifs is 1. The zero-order chi connectivity index (χ0) is 28.2. The number of aromatic nitrogens is 1. The number of nitrogens with zero attached hydrogens (tertiary/aromatic N) is 3. The van der Waals surface area contributed by atoms with Gasteiger partial charge in [0, 0.05) is 50.8 Å². The number of pyridine rings is 1. The second kappa shape index (κ2) is 11.9. The van der Waals surface area contributed by atoms with Crippen molar-refractivity contribution in [2.75, 3.05) is 36.4 Å². The van der Waals surface area contributed by atoms with Gasteiger partial charge in [-0.25, -0.2) is 0 Å². The van der Waals surface area contributed by atoms with Crippen molar-refractivity contribution in [2.45, 2.75) is 25.7 Å². The molecule has 11 heteroatoms. The topological polar surface area (TPSA) is 121 Å². The minimum Gasteiger partial charge on any atom is -0.348 e. The summed E-state index contributed by atoms with van der Waals surface area (Å²) in [5.74, 6) is -1.68. The van der Waals surface area contributed by atoms with Gasteiger partial charge in [0.2, 0.25) is 0 Å². The molecule has 40 heavy (non-hydrogen) atoms. The molecule has 0 radical (unpaired) electrons. The minimum atomic E-state index is -0.755. The van der Waals surface area contributed by atoms with Crippen molar-refractivity contribution in [3.8, 4) is 0 Å². The van der Waals surface area contributed by atoms with Gasteiger partial charge in [0.1, 0.15) is 5.56 Å². The molecule has 2 N–H and O–H groups in total. The Morgan fingerprint density at radius 1 is 0.975 bits per heavy atom. The Hall–Kier alpha value is -4.25. The van der Waals surface area contributed by atoms with Crippen molar-refractivity contribution in [1.29, 1.82) is 0 Å². The van der Waals surface area contributed by atoms with Gasteiger partial charge in [-0.2, -0.15) is 0 Å². The van der Waals surface area contributed by atoms with Crippen LogP contribution in [0.3, 0.4) is 0 Å². The zero-order valence-corrected chi connectivity index (χ0v) is 23.0. The average Bonchev–Trinajstić information content (AvgIpc) is 3.52. The molecular formula is C29H31N5O5S. The largest absolute Gasteiger partial charge is 0.348 e. The molecule has 2 aliphatic heterocycles. The van der Waals surface area contributed by atoms with Gasteiger partial charge in [-0.1, -0.05) is 6.07 Å². The first-order valence-electron chi connectivity index (χ1n) is 13.3. The van der Waals surface area contributed by atoms with E-state index in [0.29, 0.717) is 49.6 Å². The van der Waals surface area contributed by atoms with E-state index < -0.39 is 11.8 Å². The van der Waals surface area contributed by atoms with Crippen LogP contribution in [0.2, 0.25) is 0 Å². The van der Waals surface area contributed by atoms with Crippen LogP contribution in [0.4, 0.5) is 11.4 Å². The fraction of sp³-hybridized carbons (Fsp3) is 0.345. The molecule has 1 aromatic carbocycles. The molecule has 0 saturated carbocycles.